The van der Waals surface area contributed by atoms with Crippen LogP contribution in [0.25, 0.3) is 0 Å². The summed E-state index contributed by atoms with van der Waals surface area (Å²) in [6.07, 6.45) is -4.26. The van der Waals surface area contributed by atoms with Crippen LogP contribution in [0.3, 0.4) is 0 Å². The first-order valence-electron chi connectivity index (χ1n) is 4.17. The minimum atomic E-state index is -2.56. The number of halogens is 2. The van der Waals surface area contributed by atoms with E-state index in [1.165, 1.54) is 24.3 Å². The third-order valence-corrected chi connectivity index (χ3v) is 1.90. The molecule has 1 saturated heterocycles. The summed E-state index contributed by atoms with van der Waals surface area (Å²) in [6, 6.07) is 5.51. The van der Waals surface area contributed by atoms with Crippen LogP contribution in [0.1, 0.15) is 23.8 Å². The molecule has 1 unspecified atom stereocenters. The van der Waals surface area contributed by atoms with Gasteiger partial charge in [0, 0.05) is 11.1 Å². The maximum Gasteiger partial charge on any atom is 0.434 e. The predicted octanol–water partition coefficient (Wildman–Crippen LogP) is 2.29. The maximum absolute atomic E-state index is 12.3. The van der Waals surface area contributed by atoms with E-state index in [2.05, 4.69) is 4.74 Å². The molecule has 2 rings (SSSR count). The SMILES string of the molecule is O=C1NOC(c2cccc(C(F)F)c2)O1. The molecule has 1 amide bonds. The Morgan fingerprint density at radius 3 is 2.80 bits per heavy atom. The van der Waals surface area contributed by atoms with Crippen LogP contribution >= 0.6 is 0 Å². The summed E-state index contributed by atoms with van der Waals surface area (Å²) in [7, 11) is 0. The summed E-state index contributed by atoms with van der Waals surface area (Å²) in [5.74, 6) is 0. The lowest BCUT2D eigenvalue weighted by Gasteiger charge is -2.08. The first-order valence-corrected chi connectivity index (χ1v) is 4.17. The topological polar surface area (TPSA) is 47.6 Å². The Hall–Kier alpha value is -1.69. The summed E-state index contributed by atoms with van der Waals surface area (Å²) in [5.41, 5.74) is 2.20. The van der Waals surface area contributed by atoms with Crippen molar-refractivity contribution in [2.45, 2.75) is 12.7 Å². The van der Waals surface area contributed by atoms with Gasteiger partial charge in [0.15, 0.2) is 0 Å². The summed E-state index contributed by atoms with van der Waals surface area (Å²) < 4.78 is 29.4. The number of cyclic esters (lactones) is 1. The van der Waals surface area contributed by atoms with Crippen molar-refractivity contribution < 1.29 is 23.1 Å². The highest BCUT2D eigenvalue weighted by Crippen LogP contribution is 2.26. The number of rotatable bonds is 2. The average Bonchev–Trinajstić information content (AvgIpc) is 2.65. The summed E-state index contributed by atoms with van der Waals surface area (Å²) in [6.45, 7) is 0. The van der Waals surface area contributed by atoms with E-state index in [4.69, 9.17) is 4.84 Å². The summed E-state index contributed by atoms with van der Waals surface area (Å²) >= 11 is 0. The zero-order valence-corrected chi connectivity index (χ0v) is 7.44. The number of ether oxygens (including phenoxy) is 1. The quantitative estimate of drug-likeness (QED) is 0.823. The van der Waals surface area contributed by atoms with E-state index in [1.807, 2.05) is 5.48 Å². The Kier molecular flexibility index (Phi) is 2.51. The van der Waals surface area contributed by atoms with E-state index >= 15 is 0 Å². The zero-order chi connectivity index (χ0) is 10.8. The fourth-order valence-electron chi connectivity index (χ4n) is 1.22. The molecular formula is C9H7F2NO3. The molecule has 0 spiro atoms. The molecule has 1 fully saturated rings. The minimum absolute atomic E-state index is 0.140. The Bertz CT molecular complexity index is 383. The molecular weight excluding hydrogens is 208 g/mol. The number of hydrogen-bond donors (Lipinski definition) is 1. The maximum atomic E-state index is 12.3. The average molecular weight is 215 g/mol. The van der Waals surface area contributed by atoms with Gasteiger partial charge in [0.25, 0.3) is 12.7 Å². The highest BCUT2D eigenvalue weighted by Gasteiger charge is 2.26. The van der Waals surface area contributed by atoms with Crippen LogP contribution in [-0.2, 0) is 9.57 Å². The van der Waals surface area contributed by atoms with E-state index in [9.17, 15) is 13.6 Å². The number of amides is 1. The number of benzene rings is 1. The van der Waals surface area contributed by atoms with Crippen LogP contribution in [0.5, 0.6) is 0 Å². The fourth-order valence-corrected chi connectivity index (χ4v) is 1.22. The second kappa shape index (κ2) is 3.82. The monoisotopic (exact) mass is 215 g/mol. The highest BCUT2D eigenvalue weighted by atomic mass is 19.3. The molecule has 1 aliphatic rings. The Labute approximate surface area is 83.7 Å². The van der Waals surface area contributed by atoms with E-state index in [-0.39, 0.29) is 5.56 Å². The van der Waals surface area contributed by atoms with Crippen LogP contribution in [-0.4, -0.2) is 6.09 Å². The number of nitrogens with one attached hydrogen (secondary N) is 1. The number of alkyl halides is 2. The molecule has 0 aliphatic carbocycles. The molecule has 1 aromatic carbocycles. The number of hydrogen-bond acceptors (Lipinski definition) is 3. The number of carbonyl (C=O) groups is 1. The lowest BCUT2D eigenvalue weighted by atomic mass is 10.1. The Morgan fingerprint density at radius 2 is 2.20 bits per heavy atom. The van der Waals surface area contributed by atoms with Crippen LogP contribution in [0.4, 0.5) is 13.6 Å². The van der Waals surface area contributed by atoms with Crippen molar-refractivity contribution in [3.8, 4) is 0 Å². The lowest BCUT2D eigenvalue weighted by molar-refractivity contribution is -0.0606. The second-order valence-corrected chi connectivity index (χ2v) is 2.93. The smallest absolute Gasteiger partial charge is 0.411 e. The van der Waals surface area contributed by atoms with Gasteiger partial charge in [-0.15, -0.1) is 0 Å². The summed E-state index contributed by atoms with van der Waals surface area (Å²) in [4.78, 5) is 15.4. The zero-order valence-electron chi connectivity index (χ0n) is 7.44. The van der Waals surface area contributed by atoms with Crippen molar-refractivity contribution >= 4 is 6.09 Å². The van der Waals surface area contributed by atoms with E-state index in [0.29, 0.717) is 5.56 Å². The molecule has 1 aromatic rings. The van der Waals surface area contributed by atoms with Gasteiger partial charge >= 0.3 is 6.09 Å². The molecule has 1 atom stereocenters. The molecule has 1 aliphatic heterocycles. The Balaban J connectivity index is 2.21. The minimum Gasteiger partial charge on any atom is -0.411 e. The molecule has 15 heavy (non-hydrogen) atoms. The van der Waals surface area contributed by atoms with Gasteiger partial charge in [0.1, 0.15) is 0 Å². The van der Waals surface area contributed by atoms with Crippen molar-refractivity contribution in [3.05, 3.63) is 35.4 Å². The van der Waals surface area contributed by atoms with Crippen molar-refractivity contribution in [1.29, 1.82) is 0 Å². The molecule has 80 valence electrons. The molecule has 0 aromatic heterocycles. The van der Waals surface area contributed by atoms with Gasteiger partial charge in [-0.25, -0.2) is 18.4 Å². The van der Waals surface area contributed by atoms with Gasteiger partial charge in [0.2, 0.25) is 0 Å². The standard InChI is InChI=1S/C9H7F2NO3/c10-7(11)5-2-1-3-6(4-5)8-14-9(13)12-15-8/h1-4,7-8H,(H,12,13). The normalized spacial score (nSPS) is 20.2. The molecule has 1 N–H and O–H groups in total. The number of hydroxylamine groups is 1. The van der Waals surface area contributed by atoms with Crippen molar-refractivity contribution in [2.24, 2.45) is 0 Å². The van der Waals surface area contributed by atoms with Gasteiger partial charge in [-0.3, -0.25) is 0 Å². The van der Waals surface area contributed by atoms with Crippen LogP contribution in [0, 0.1) is 0 Å². The fraction of sp³-hybridized carbons (Fsp3) is 0.222. The van der Waals surface area contributed by atoms with Crippen LogP contribution < -0.4 is 5.48 Å². The van der Waals surface area contributed by atoms with Crippen LogP contribution in [0.2, 0.25) is 0 Å². The first kappa shape index (κ1) is 9.85. The van der Waals surface area contributed by atoms with Gasteiger partial charge in [-0.05, 0) is 6.07 Å². The van der Waals surface area contributed by atoms with E-state index < -0.39 is 18.8 Å². The van der Waals surface area contributed by atoms with Crippen LogP contribution in [0.15, 0.2) is 24.3 Å². The van der Waals surface area contributed by atoms with Gasteiger partial charge < -0.3 is 4.74 Å². The Morgan fingerprint density at radius 1 is 1.40 bits per heavy atom. The highest BCUT2D eigenvalue weighted by molar-refractivity contribution is 5.67. The van der Waals surface area contributed by atoms with E-state index in [1.54, 1.807) is 0 Å². The molecule has 6 heteroatoms. The third-order valence-electron chi connectivity index (χ3n) is 1.90. The van der Waals surface area contributed by atoms with Gasteiger partial charge in [0.05, 0.1) is 0 Å². The molecule has 1 heterocycles. The molecule has 0 radical (unpaired) electrons. The lowest BCUT2D eigenvalue weighted by Crippen LogP contribution is -2.10. The van der Waals surface area contributed by atoms with Crippen molar-refractivity contribution in [3.63, 3.8) is 0 Å². The number of carbonyl (C=O) groups excluding carboxylic acids is 1. The molecule has 4 nitrogen and oxygen atoms in total. The first-order chi connectivity index (χ1) is 7.16. The second-order valence-electron chi connectivity index (χ2n) is 2.93. The molecule has 0 bridgehead atoms. The summed E-state index contributed by atoms with van der Waals surface area (Å²) in [5, 5.41) is 0. The van der Waals surface area contributed by atoms with Crippen molar-refractivity contribution in [2.75, 3.05) is 0 Å². The van der Waals surface area contributed by atoms with Crippen molar-refractivity contribution in [1.82, 2.24) is 5.48 Å². The van der Waals surface area contributed by atoms with E-state index in [0.717, 1.165) is 0 Å². The van der Waals surface area contributed by atoms with Gasteiger partial charge in [-0.2, -0.15) is 5.48 Å². The molecule has 0 saturated carbocycles. The predicted molar refractivity (Wildman–Crippen MR) is 44.8 cm³/mol. The largest absolute Gasteiger partial charge is 0.434 e. The van der Waals surface area contributed by atoms with Gasteiger partial charge in [-0.1, -0.05) is 18.2 Å². The third kappa shape index (κ3) is 2.04.